The molecular weight excluding hydrogens is 256 g/mol. The summed E-state index contributed by atoms with van der Waals surface area (Å²) in [5.41, 5.74) is 0. The molecule has 0 aliphatic carbocycles. The molecule has 0 aromatic carbocycles. The number of nitrogens with zero attached hydrogens (tertiary/aromatic N) is 2. The normalized spacial score (nSPS) is 29.6. The maximum Gasteiger partial charge on any atom is 0.227 e. The smallest absolute Gasteiger partial charge is 0.227 e. The molecule has 3 heterocycles. The Morgan fingerprint density at radius 1 is 1.40 bits per heavy atom. The van der Waals surface area contributed by atoms with E-state index in [4.69, 9.17) is 9.15 Å². The molecule has 0 spiro atoms. The zero-order valence-electron chi connectivity index (χ0n) is 12.3. The molecule has 2 aliphatic rings. The van der Waals surface area contributed by atoms with E-state index in [-0.39, 0.29) is 24.0 Å². The van der Waals surface area contributed by atoms with Gasteiger partial charge in [-0.3, -0.25) is 9.69 Å². The van der Waals surface area contributed by atoms with Gasteiger partial charge >= 0.3 is 0 Å². The first-order valence-electron chi connectivity index (χ1n) is 7.17. The van der Waals surface area contributed by atoms with Crippen LogP contribution in [0.5, 0.6) is 0 Å². The van der Waals surface area contributed by atoms with Crippen LogP contribution >= 0.6 is 0 Å². The molecule has 20 heavy (non-hydrogen) atoms. The third kappa shape index (κ3) is 2.60. The molecule has 5 heteroatoms. The molecule has 1 aromatic rings. The molecule has 2 aliphatic heterocycles. The van der Waals surface area contributed by atoms with Gasteiger partial charge in [0, 0.05) is 27.2 Å². The Labute approximate surface area is 119 Å². The number of carbonyl (C=O) groups excluding carboxylic acids is 1. The van der Waals surface area contributed by atoms with Crippen LogP contribution in [-0.2, 0) is 16.1 Å². The van der Waals surface area contributed by atoms with Crippen molar-refractivity contribution in [2.75, 3.05) is 27.2 Å². The molecule has 110 valence electrons. The predicted molar refractivity (Wildman–Crippen MR) is 74.2 cm³/mol. The highest BCUT2D eigenvalue weighted by Gasteiger charge is 2.45. The van der Waals surface area contributed by atoms with Crippen molar-refractivity contribution < 1.29 is 13.9 Å². The number of amides is 1. The fourth-order valence-corrected chi connectivity index (χ4v) is 3.25. The lowest BCUT2D eigenvalue weighted by Gasteiger charge is -2.32. The Balaban J connectivity index is 1.64. The Kier molecular flexibility index (Phi) is 3.56. The lowest BCUT2D eigenvalue weighted by atomic mass is 9.99. The molecule has 0 saturated carbocycles. The van der Waals surface area contributed by atoms with E-state index < -0.39 is 0 Å². The quantitative estimate of drug-likeness (QED) is 0.835. The second-order valence-electron chi connectivity index (χ2n) is 6.08. The van der Waals surface area contributed by atoms with E-state index in [9.17, 15) is 4.79 Å². The number of likely N-dealkylation sites (tertiary alicyclic amines) is 1. The van der Waals surface area contributed by atoms with Crippen LogP contribution in [0.1, 0.15) is 17.9 Å². The third-order valence-electron chi connectivity index (χ3n) is 4.17. The van der Waals surface area contributed by atoms with Crippen molar-refractivity contribution in [3.8, 4) is 0 Å². The Hall–Kier alpha value is -1.33. The first kappa shape index (κ1) is 13.6. The summed E-state index contributed by atoms with van der Waals surface area (Å²) >= 11 is 0. The number of fused-ring (bicyclic) bond motifs is 2. The van der Waals surface area contributed by atoms with Crippen LogP contribution in [0.25, 0.3) is 0 Å². The Morgan fingerprint density at radius 2 is 2.20 bits per heavy atom. The fourth-order valence-electron chi connectivity index (χ4n) is 3.25. The van der Waals surface area contributed by atoms with E-state index in [1.807, 2.05) is 33.2 Å². The van der Waals surface area contributed by atoms with Crippen LogP contribution < -0.4 is 0 Å². The molecule has 1 aromatic heterocycles. The van der Waals surface area contributed by atoms with E-state index in [0.717, 1.165) is 37.6 Å². The summed E-state index contributed by atoms with van der Waals surface area (Å²) < 4.78 is 11.6. The van der Waals surface area contributed by atoms with E-state index in [2.05, 4.69) is 4.90 Å². The minimum absolute atomic E-state index is 0.0123. The van der Waals surface area contributed by atoms with Gasteiger partial charge in [-0.2, -0.15) is 0 Å². The molecule has 2 fully saturated rings. The van der Waals surface area contributed by atoms with Gasteiger partial charge in [0.05, 0.1) is 24.7 Å². The Morgan fingerprint density at radius 3 is 2.85 bits per heavy atom. The van der Waals surface area contributed by atoms with Crippen molar-refractivity contribution in [1.82, 2.24) is 9.80 Å². The zero-order valence-corrected chi connectivity index (χ0v) is 12.3. The van der Waals surface area contributed by atoms with Gasteiger partial charge in [-0.15, -0.1) is 0 Å². The highest BCUT2D eigenvalue weighted by molar-refractivity contribution is 5.79. The van der Waals surface area contributed by atoms with Gasteiger partial charge in [-0.25, -0.2) is 0 Å². The number of furan rings is 1. The average molecular weight is 278 g/mol. The monoisotopic (exact) mass is 278 g/mol. The van der Waals surface area contributed by atoms with Crippen LogP contribution in [0.4, 0.5) is 0 Å². The van der Waals surface area contributed by atoms with Crippen LogP contribution in [-0.4, -0.2) is 55.1 Å². The van der Waals surface area contributed by atoms with E-state index in [0.29, 0.717) is 0 Å². The van der Waals surface area contributed by atoms with Crippen LogP contribution in [0.2, 0.25) is 0 Å². The SMILES string of the molecule is Cc1ccc(CN2C[C@H]3C[C@@H](C(=O)N(C)C)[C@@H](C2)O3)o1. The molecule has 0 unspecified atom stereocenters. The zero-order chi connectivity index (χ0) is 14.3. The molecule has 0 radical (unpaired) electrons. The number of hydrogen-bond acceptors (Lipinski definition) is 4. The fraction of sp³-hybridized carbons (Fsp3) is 0.667. The lowest BCUT2D eigenvalue weighted by Crippen LogP contribution is -2.44. The van der Waals surface area contributed by atoms with E-state index >= 15 is 0 Å². The number of morpholine rings is 1. The highest BCUT2D eigenvalue weighted by atomic mass is 16.5. The highest BCUT2D eigenvalue weighted by Crippen LogP contribution is 2.33. The number of rotatable bonds is 3. The van der Waals surface area contributed by atoms with Gasteiger partial charge in [-0.1, -0.05) is 0 Å². The molecule has 2 saturated heterocycles. The summed E-state index contributed by atoms with van der Waals surface area (Å²) in [6.45, 7) is 4.44. The number of ether oxygens (including phenoxy) is 1. The van der Waals surface area contributed by atoms with E-state index in [1.54, 1.807) is 4.90 Å². The van der Waals surface area contributed by atoms with Crippen molar-refractivity contribution >= 4 is 5.91 Å². The summed E-state index contributed by atoms with van der Waals surface area (Å²) in [5, 5.41) is 0. The summed E-state index contributed by atoms with van der Waals surface area (Å²) in [4.78, 5) is 16.2. The van der Waals surface area contributed by atoms with Gasteiger partial charge in [0.25, 0.3) is 0 Å². The van der Waals surface area contributed by atoms with Crippen molar-refractivity contribution in [2.24, 2.45) is 5.92 Å². The summed E-state index contributed by atoms with van der Waals surface area (Å²) in [5.74, 6) is 2.13. The number of hydrogen-bond donors (Lipinski definition) is 0. The molecule has 3 atom stereocenters. The van der Waals surface area contributed by atoms with Crippen molar-refractivity contribution in [3.63, 3.8) is 0 Å². The minimum atomic E-state index is 0.0123. The molecule has 0 N–H and O–H groups in total. The van der Waals surface area contributed by atoms with Crippen molar-refractivity contribution in [3.05, 3.63) is 23.7 Å². The summed E-state index contributed by atoms with van der Waals surface area (Å²) in [6, 6.07) is 4.01. The van der Waals surface area contributed by atoms with Crippen LogP contribution in [0, 0.1) is 12.8 Å². The summed E-state index contributed by atoms with van der Waals surface area (Å²) in [6.07, 6.45) is 1.05. The number of carbonyl (C=O) groups is 1. The maximum atomic E-state index is 12.2. The molecular formula is C15H22N2O3. The minimum Gasteiger partial charge on any atom is -0.465 e. The lowest BCUT2D eigenvalue weighted by molar-refractivity contribution is -0.136. The first-order chi connectivity index (χ1) is 9.52. The van der Waals surface area contributed by atoms with Gasteiger partial charge < -0.3 is 14.1 Å². The second kappa shape index (κ2) is 5.22. The maximum absolute atomic E-state index is 12.2. The van der Waals surface area contributed by atoms with Gasteiger partial charge in [-0.05, 0) is 25.5 Å². The van der Waals surface area contributed by atoms with Crippen LogP contribution in [0.15, 0.2) is 16.5 Å². The molecule has 5 nitrogen and oxygen atoms in total. The van der Waals surface area contributed by atoms with E-state index in [1.165, 1.54) is 0 Å². The van der Waals surface area contributed by atoms with Crippen LogP contribution in [0.3, 0.4) is 0 Å². The Bertz CT molecular complexity index is 497. The molecule has 2 bridgehead atoms. The predicted octanol–water partition coefficient (Wildman–Crippen LogP) is 1.27. The van der Waals surface area contributed by atoms with Crippen molar-refractivity contribution in [1.29, 1.82) is 0 Å². The topological polar surface area (TPSA) is 45.9 Å². The average Bonchev–Trinajstić information content (AvgIpc) is 2.92. The van der Waals surface area contributed by atoms with Crippen molar-refractivity contribution in [2.45, 2.75) is 32.1 Å². The molecule has 1 amide bonds. The largest absolute Gasteiger partial charge is 0.465 e. The summed E-state index contributed by atoms with van der Waals surface area (Å²) in [7, 11) is 3.63. The third-order valence-corrected chi connectivity index (χ3v) is 4.17. The standard InChI is InChI=1S/C15H22N2O3/c1-10-4-5-11(19-10)7-17-8-12-6-13(14(9-17)20-12)15(18)16(2)3/h4-5,12-14H,6-9H2,1-3H3/t12-,13-,14-/m1/s1. The molecule has 3 rings (SSSR count). The number of aryl methyl sites for hydroxylation is 1. The van der Waals surface area contributed by atoms with Gasteiger partial charge in [0.15, 0.2) is 0 Å². The van der Waals surface area contributed by atoms with Gasteiger partial charge in [0.1, 0.15) is 11.5 Å². The van der Waals surface area contributed by atoms with Gasteiger partial charge in [0.2, 0.25) is 5.91 Å². The second-order valence-corrected chi connectivity index (χ2v) is 6.08. The first-order valence-corrected chi connectivity index (χ1v) is 7.17.